The van der Waals surface area contributed by atoms with Crippen molar-refractivity contribution in [2.75, 3.05) is 31.6 Å². The number of urea groups is 1. The van der Waals surface area contributed by atoms with Gasteiger partial charge in [0.2, 0.25) is 0 Å². The van der Waals surface area contributed by atoms with Crippen molar-refractivity contribution in [3.05, 3.63) is 30.3 Å². The minimum absolute atomic E-state index is 0. The Kier molecular flexibility index (Phi) is 8.34. The van der Waals surface area contributed by atoms with Gasteiger partial charge in [0.1, 0.15) is 0 Å². The molecule has 1 N–H and O–H groups in total. The first-order chi connectivity index (χ1) is 13.5. The molecule has 1 aromatic carbocycles. The number of carbonyl (C=O) groups is 2. The lowest BCUT2D eigenvalue weighted by atomic mass is 9.86. The molecule has 0 spiro atoms. The molecule has 6 nitrogen and oxygen atoms in total. The van der Waals surface area contributed by atoms with E-state index >= 15 is 0 Å². The van der Waals surface area contributed by atoms with E-state index in [1.54, 1.807) is 0 Å². The number of halogens is 1. The molecule has 2 unspecified atom stereocenters. The maximum Gasteiger partial charge on any atom is 0.325 e. The van der Waals surface area contributed by atoms with Gasteiger partial charge in [-0.3, -0.25) is 9.69 Å². The molecule has 0 bridgehead atoms. The third-order valence-corrected chi connectivity index (χ3v) is 6.66. The number of hydrogen-bond donors (Lipinski definition) is 1. The van der Waals surface area contributed by atoms with E-state index in [2.05, 4.69) is 19.2 Å². The first-order valence-corrected chi connectivity index (χ1v) is 10.4. The van der Waals surface area contributed by atoms with Crippen molar-refractivity contribution >= 4 is 30.1 Å². The van der Waals surface area contributed by atoms with Crippen molar-refractivity contribution in [1.29, 1.82) is 0 Å². The van der Waals surface area contributed by atoms with Gasteiger partial charge in [-0.15, -0.1) is 12.4 Å². The number of para-hydroxylation sites is 1. The fourth-order valence-corrected chi connectivity index (χ4v) is 4.57. The summed E-state index contributed by atoms with van der Waals surface area (Å²) in [6.45, 7) is 7.06. The summed E-state index contributed by atoms with van der Waals surface area (Å²) in [6, 6.07) is 9.84. The van der Waals surface area contributed by atoms with E-state index in [-0.39, 0.29) is 30.4 Å². The van der Waals surface area contributed by atoms with Gasteiger partial charge in [-0.1, -0.05) is 18.2 Å². The van der Waals surface area contributed by atoms with E-state index < -0.39 is 5.54 Å². The van der Waals surface area contributed by atoms with Crippen LogP contribution in [0.1, 0.15) is 46.0 Å². The number of rotatable bonds is 7. The number of ether oxygens (including phenoxy) is 1. The quantitative estimate of drug-likeness (QED) is 0.677. The lowest BCUT2D eigenvalue weighted by Crippen LogP contribution is -2.49. The standard InChI is InChI=1S/C22H33N3O3.ClH/c1-17-22(2,13-9-20(26)28-3)24(16-12-18-10-14-23-15-11-18)21(27)25(17)19-7-5-4-6-8-19;/h4-8,17-18,23H,9-16H2,1-3H3;1H. The Bertz CT molecular complexity index is 681. The second-order valence-corrected chi connectivity index (χ2v) is 8.23. The Morgan fingerprint density at radius 1 is 1.24 bits per heavy atom. The first kappa shape index (κ1) is 23.5. The summed E-state index contributed by atoms with van der Waals surface area (Å²) in [5, 5.41) is 3.40. The molecule has 0 saturated carbocycles. The van der Waals surface area contributed by atoms with E-state index in [9.17, 15) is 9.59 Å². The lowest BCUT2D eigenvalue weighted by molar-refractivity contribution is -0.141. The summed E-state index contributed by atoms with van der Waals surface area (Å²) < 4.78 is 4.86. The largest absolute Gasteiger partial charge is 0.469 e. The number of hydrogen-bond acceptors (Lipinski definition) is 4. The molecule has 162 valence electrons. The molecule has 2 amide bonds. The van der Waals surface area contributed by atoms with Crippen LogP contribution in [0.3, 0.4) is 0 Å². The van der Waals surface area contributed by atoms with Crippen molar-refractivity contribution < 1.29 is 14.3 Å². The number of piperidine rings is 1. The van der Waals surface area contributed by atoms with Crippen LogP contribution in [0.5, 0.6) is 0 Å². The molecule has 2 saturated heterocycles. The Morgan fingerprint density at radius 3 is 2.52 bits per heavy atom. The van der Waals surface area contributed by atoms with Crippen molar-refractivity contribution in [1.82, 2.24) is 10.2 Å². The zero-order valence-corrected chi connectivity index (χ0v) is 18.5. The molecule has 29 heavy (non-hydrogen) atoms. The molecule has 1 aromatic rings. The van der Waals surface area contributed by atoms with Crippen molar-refractivity contribution in [2.45, 2.75) is 57.5 Å². The van der Waals surface area contributed by atoms with Crippen LogP contribution in [0, 0.1) is 5.92 Å². The monoisotopic (exact) mass is 423 g/mol. The highest BCUT2D eigenvalue weighted by molar-refractivity contribution is 5.96. The smallest absolute Gasteiger partial charge is 0.325 e. The zero-order valence-electron chi connectivity index (χ0n) is 17.7. The molecule has 2 atom stereocenters. The fraction of sp³-hybridized carbons (Fsp3) is 0.636. The molecule has 2 aliphatic heterocycles. The summed E-state index contributed by atoms with van der Waals surface area (Å²) >= 11 is 0. The van der Waals surface area contributed by atoms with E-state index in [0.717, 1.165) is 31.7 Å². The van der Waals surface area contributed by atoms with Crippen LogP contribution in [0.25, 0.3) is 0 Å². The number of benzene rings is 1. The summed E-state index contributed by atoms with van der Waals surface area (Å²) in [5.74, 6) is 0.428. The molecular weight excluding hydrogens is 390 g/mol. The zero-order chi connectivity index (χ0) is 20.1. The van der Waals surface area contributed by atoms with Crippen LogP contribution in [0.4, 0.5) is 10.5 Å². The van der Waals surface area contributed by atoms with E-state index in [1.165, 1.54) is 20.0 Å². The first-order valence-electron chi connectivity index (χ1n) is 10.4. The molecular formula is C22H34ClN3O3. The number of nitrogens with zero attached hydrogens (tertiary/aromatic N) is 2. The van der Waals surface area contributed by atoms with Gasteiger partial charge in [-0.2, -0.15) is 0 Å². The topological polar surface area (TPSA) is 61.9 Å². The number of nitrogens with one attached hydrogen (secondary N) is 1. The van der Waals surface area contributed by atoms with E-state index in [0.29, 0.717) is 18.8 Å². The molecule has 0 aliphatic carbocycles. The molecule has 3 rings (SSSR count). The summed E-state index contributed by atoms with van der Waals surface area (Å²) in [5.41, 5.74) is 0.502. The predicted molar refractivity (Wildman–Crippen MR) is 118 cm³/mol. The van der Waals surface area contributed by atoms with E-state index in [4.69, 9.17) is 4.74 Å². The highest BCUT2D eigenvalue weighted by Crippen LogP contribution is 2.40. The normalized spacial score (nSPS) is 25.1. The van der Waals surface area contributed by atoms with Crippen molar-refractivity contribution in [3.63, 3.8) is 0 Å². The van der Waals surface area contributed by atoms with Crippen LogP contribution in [0.2, 0.25) is 0 Å². The van der Waals surface area contributed by atoms with Gasteiger partial charge in [-0.25, -0.2) is 4.79 Å². The fourth-order valence-electron chi connectivity index (χ4n) is 4.57. The maximum atomic E-state index is 13.4. The van der Waals surface area contributed by atoms with Gasteiger partial charge in [0, 0.05) is 18.7 Å². The second-order valence-electron chi connectivity index (χ2n) is 8.23. The average Bonchev–Trinajstić information content (AvgIpc) is 2.91. The van der Waals surface area contributed by atoms with Gasteiger partial charge in [-0.05, 0) is 70.7 Å². The highest BCUT2D eigenvalue weighted by Gasteiger charge is 2.52. The molecule has 2 fully saturated rings. The lowest BCUT2D eigenvalue weighted by Gasteiger charge is -2.38. The highest BCUT2D eigenvalue weighted by atomic mass is 35.5. The molecule has 7 heteroatoms. The number of anilines is 1. The minimum Gasteiger partial charge on any atom is -0.469 e. The van der Waals surface area contributed by atoms with Crippen molar-refractivity contribution in [3.8, 4) is 0 Å². The average molecular weight is 424 g/mol. The van der Waals surface area contributed by atoms with Gasteiger partial charge >= 0.3 is 12.0 Å². The number of carbonyl (C=O) groups excluding carboxylic acids is 2. The van der Waals surface area contributed by atoms with Crippen LogP contribution in [-0.4, -0.2) is 55.2 Å². The predicted octanol–water partition coefficient (Wildman–Crippen LogP) is 3.84. The van der Waals surface area contributed by atoms with Crippen LogP contribution < -0.4 is 10.2 Å². The number of amides is 2. The number of methoxy groups -OCH3 is 1. The Hall–Kier alpha value is -1.79. The second kappa shape index (κ2) is 10.3. The molecule has 0 aromatic heterocycles. The third kappa shape index (κ3) is 5.04. The summed E-state index contributed by atoms with van der Waals surface area (Å²) in [4.78, 5) is 29.2. The SMILES string of the molecule is COC(=O)CCC1(C)C(C)N(c2ccccc2)C(=O)N1CCC1CCNCC1.Cl. The van der Waals surface area contributed by atoms with E-state index in [1.807, 2.05) is 40.1 Å². The molecule has 2 heterocycles. The molecule has 2 aliphatic rings. The maximum absolute atomic E-state index is 13.4. The van der Waals surface area contributed by atoms with Crippen molar-refractivity contribution in [2.24, 2.45) is 5.92 Å². The van der Waals surface area contributed by atoms with Gasteiger partial charge < -0.3 is 15.0 Å². The Balaban J connectivity index is 0.00000300. The Morgan fingerprint density at radius 2 is 1.90 bits per heavy atom. The van der Waals surface area contributed by atoms with Crippen LogP contribution in [-0.2, 0) is 9.53 Å². The summed E-state index contributed by atoms with van der Waals surface area (Å²) in [7, 11) is 1.42. The van der Waals surface area contributed by atoms with Gasteiger partial charge in [0.15, 0.2) is 0 Å². The number of esters is 1. The Labute approximate surface area is 180 Å². The summed E-state index contributed by atoms with van der Waals surface area (Å²) in [6.07, 6.45) is 4.26. The van der Waals surface area contributed by atoms with Crippen LogP contribution >= 0.6 is 12.4 Å². The van der Waals surface area contributed by atoms with Gasteiger partial charge in [0.25, 0.3) is 0 Å². The minimum atomic E-state index is -0.409. The molecule has 0 radical (unpaired) electrons. The van der Waals surface area contributed by atoms with Gasteiger partial charge in [0.05, 0.1) is 18.7 Å². The van der Waals surface area contributed by atoms with Crippen LogP contribution in [0.15, 0.2) is 30.3 Å². The third-order valence-electron chi connectivity index (χ3n) is 6.66.